The van der Waals surface area contributed by atoms with Crippen LogP contribution >= 0.6 is 23.2 Å². The van der Waals surface area contributed by atoms with Gasteiger partial charge >= 0.3 is 0 Å². The first-order valence-corrected chi connectivity index (χ1v) is 4.52. The maximum absolute atomic E-state index is 8.82. The second-order valence-electron chi connectivity index (χ2n) is 2.39. The van der Waals surface area contributed by atoms with Crippen LogP contribution in [0.3, 0.4) is 0 Å². The summed E-state index contributed by atoms with van der Waals surface area (Å²) < 4.78 is 0. The number of aromatic nitrogens is 2. The molecule has 0 atom stereocenters. The molecule has 0 saturated carbocycles. The number of hydrogen-bond donors (Lipinski definition) is 2. The van der Waals surface area contributed by atoms with Gasteiger partial charge in [0.1, 0.15) is 5.75 Å². The first-order valence-electron chi connectivity index (χ1n) is 3.76. The van der Waals surface area contributed by atoms with Crippen LogP contribution in [0.1, 0.15) is 0 Å². The molecule has 2 N–H and O–H groups in total. The van der Waals surface area contributed by atoms with Crippen molar-refractivity contribution in [1.82, 2.24) is 9.97 Å². The molecule has 3 nitrogen and oxygen atoms in total. The van der Waals surface area contributed by atoms with Crippen LogP contribution in [0, 0.1) is 0 Å². The molecule has 14 heavy (non-hydrogen) atoms. The molecule has 0 bridgehead atoms. The normalized spacial score (nSPS) is 9.00. The number of phenolic OH excluding ortho intramolecular Hbond substituents is 1. The van der Waals surface area contributed by atoms with E-state index in [1.807, 2.05) is 0 Å². The molecule has 0 spiro atoms. The van der Waals surface area contributed by atoms with Crippen molar-refractivity contribution in [2.45, 2.75) is 0 Å². The number of hydrogen-bond acceptors (Lipinski definition) is 2. The van der Waals surface area contributed by atoms with E-state index >= 15 is 0 Å². The zero-order valence-corrected chi connectivity index (χ0v) is 8.63. The second-order valence-corrected chi connectivity index (χ2v) is 3.26. The number of rotatable bonds is 0. The second kappa shape index (κ2) is 5.52. The van der Waals surface area contributed by atoms with Crippen LogP contribution in [-0.2, 0) is 0 Å². The molecular weight excluding hydrogens is 223 g/mol. The lowest BCUT2D eigenvalue weighted by Gasteiger charge is -1.92. The van der Waals surface area contributed by atoms with E-state index in [-0.39, 0.29) is 5.75 Å². The summed E-state index contributed by atoms with van der Waals surface area (Å²) in [6.45, 7) is 0. The Kier molecular flexibility index (Phi) is 4.29. The molecule has 74 valence electrons. The topological polar surface area (TPSA) is 48.9 Å². The van der Waals surface area contributed by atoms with E-state index in [0.29, 0.717) is 10.0 Å². The average molecular weight is 231 g/mol. The molecule has 0 fully saturated rings. The predicted molar refractivity (Wildman–Crippen MR) is 56.7 cm³/mol. The molecular formula is C9H8Cl2N2O. The van der Waals surface area contributed by atoms with Gasteiger partial charge in [-0.3, -0.25) is 0 Å². The lowest BCUT2D eigenvalue weighted by Crippen LogP contribution is -1.65. The Morgan fingerprint density at radius 1 is 1.14 bits per heavy atom. The fourth-order valence-electron chi connectivity index (χ4n) is 0.754. The molecule has 0 saturated heterocycles. The number of phenols is 1. The SMILES string of the molecule is Oc1cc(Cl)cc(Cl)c1.c1c[nH]cn1. The summed E-state index contributed by atoms with van der Waals surface area (Å²) in [5, 5.41) is 9.71. The maximum atomic E-state index is 8.82. The van der Waals surface area contributed by atoms with Gasteiger partial charge in [-0.05, 0) is 18.2 Å². The van der Waals surface area contributed by atoms with Gasteiger partial charge in [-0.2, -0.15) is 0 Å². The minimum absolute atomic E-state index is 0.0903. The van der Waals surface area contributed by atoms with Crippen LogP contribution in [0.25, 0.3) is 0 Å². The number of H-pyrrole nitrogens is 1. The van der Waals surface area contributed by atoms with Crippen LogP contribution in [0.2, 0.25) is 10.0 Å². The molecule has 1 aromatic heterocycles. The Morgan fingerprint density at radius 3 is 2.07 bits per heavy atom. The predicted octanol–water partition coefficient (Wildman–Crippen LogP) is 3.11. The maximum Gasteiger partial charge on any atom is 0.118 e. The van der Waals surface area contributed by atoms with E-state index in [2.05, 4.69) is 9.97 Å². The van der Waals surface area contributed by atoms with Crippen molar-refractivity contribution < 1.29 is 5.11 Å². The van der Waals surface area contributed by atoms with Gasteiger partial charge in [0.05, 0.1) is 6.33 Å². The van der Waals surface area contributed by atoms with Crippen LogP contribution in [-0.4, -0.2) is 15.1 Å². The number of aromatic hydroxyl groups is 1. The van der Waals surface area contributed by atoms with Crippen LogP contribution < -0.4 is 0 Å². The van der Waals surface area contributed by atoms with E-state index in [0.717, 1.165) is 0 Å². The number of benzene rings is 1. The molecule has 1 heterocycles. The number of halogens is 2. The molecule has 2 aromatic rings. The average Bonchev–Trinajstić information content (AvgIpc) is 2.56. The Morgan fingerprint density at radius 2 is 1.79 bits per heavy atom. The lowest BCUT2D eigenvalue weighted by atomic mass is 10.3. The van der Waals surface area contributed by atoms with E-state index < -0.39 is 0 Å². The van der Waals surface area contributed by atoms with Gasteiger partial charge in [0.25, 0.3) is 0 Å². The Labute approximate surface area is 91.3 Å². The van der Waals surface area contributed by atoms with Gasteiger partial charge in [0.2, 0.25) is 0 Å². The van der Waals surface area contributed by atoms with E-state index in [1.165, 1.54) is 12.1 Å². The van der Waals surface area contributed by atoms with Crippen molar-refractivity contribution in [3.8, 4) is 5.75 Å². The molecule has 0 amide bonds. The lowest BCUT2D eigenvalue weighted by molar-refractivity contribution is 0.475. The standard InChI is InChI=1S/C6H4Cl2O.C3H4N2/c7-4-1-5(8)3-6(9)2-4;1-2-5-3-4-1/h1-3,9H;1-3H,(H,4,5). The fourth-order valence-corrected chi connectivity index (χ4v) is 1.27. The third-order valence-corrected chi connectivity index (χ3v) is 1.69. The highest BCUT2D eigenvalue weighted by atomic mass is 35.5. The zero-order valence-electron chi connectivity index (χ0n) is 7.11. The first-order chi connectivity index (χ1) is 6.68. The van der Waals surface area contributed by atoms with Gasteiger partial charge in [-0.25, -0.2) is 4.98 Å². The van der Waals surface area contributed by atoms with E-state index in [1.54, 1.807) is 24.8 Å². The van der Waals surface area contributed by atoms with Crippen molar-refractivity contribution in [3.05, 3.63) is 47.0 Å². The summed E-state index contributed by atoms with van der Waals surface area (Å²) in [4.78, 5) is 6.42. The number of aromatic amines is 1. The molecule has 0 unspecified atom stereocenters. The van der Waals surface area contributed by atoms with Crippen molar-refractivity contribution >= 4 is 23.2 Å². The quantitative estimate of drug-likeness (QED) is 0.731. The Bertz CT molecular complexity index is 309. The largest absolute Gasteiger partial charge is 0.508 e. The number of nitrogens with one attached hydrogen (secondary N) is 1. The summed E-state index contributed by atoms with van der Waals surface area (Å²) in [7, 11) is 0. The minimum Gasteiger partial charge on any atom is -0.508 e. The minimum atomic E-state index is 0.0903. The van der Waals surface area contributed by atoms with E-state index in [4.69, 9.17) is 28.3 Å². The van der Waals surface area contributed by atoms with Crippen molar-refractivity contribution in [2.24, 2.45) is 0 Å². The zero-order chi connectivity index (χ0) is 10.4. The first kappa shape index (κ1) is 10.9. The highest BCUT2D eigenvalue weighted by Crippen LogP contribution is 2.22. The van der Waals surface area contributed by atoms with Crippen molar-refractivity contribution in [2.75, 3.05) is 0 Å². The van der Waals surface area contributed by atoms with Gasteiger partial charge in [-0.15, -0.1) is 0 Å². The van der Waals surface area contributed by atoms with Crippen LogP contribution in [0.5, 0.6) is 5.75 Å². The van der Waals surface area contributed by atoms with Gasteiger partial charge in [0, 0.05) is 22.4 Å². The third kappa shape index (κ3) is 4.16. The number of nitrogens with zero attached hydrogens (tertiary/aromatic N) is 1. The number of imidazole rings is 1. The molecule has 0 radical (unpaired) electrons. The highest BCUT2D eigenvalue weighted by molar-refractivity contribution is 6.34. The summed E-state index contributed by atoms with van der Waals surface area (Å²) in [6, 6.07) is 4.41. The monoisotopic (exact) mass is 230 g/mol. The van der Waals surface area contributed by atoms with Crippen LogP contribution in [0.15, 0.2) is 36.9 Å². The summed E-state index contributed by atoms with van der Waals surface area (Å²) in [5.74, 6) is 0.0903. The molecule has 2 rings (SSSR count). The summed E-state index contributed by atoms with van der Waals surface area (Å²) >= 11 is 11.0. The smallest absolute Gasteiger partial charge is 0.118 e. The van der Waals surface area contributed by atoms with Gasteiger partial charge < -0.3 is 10.1 Å². The van der Waals surface area contributed by atoms with Crippen LogP contribution in [0.4, 0.5) is 0 Å². The molecule has 0 aliphatic rings. The van der Waals surface area contributed by atoms with Gasteiger partial charge in [0.15, 0.2) is 0 Å². The molecule has 0 aliphatic heterocycles. The Balaban J connectivity index is 0.000000165. The fraction of sp³-hybridized carbons (Fsp3) is 0. The van der Waals surface area contributed by atoms with Crippen molar-refractivity contribution in [1.29, 1.82) is 0 Å². The third-order valence-electron chi connectivity index (χ3n) is 1.25. The van der Waals surface area contributed by atoms with Crippen molar-refractivity contribution in [3.63, 3.8) is 0 Å². The highest BCUT2D eigenvalue weighted by Gasteiger charge is 1.93. The molecule has 0 aliphatic carbocycles. The summed E-state index contributed by atoms with van der Waals surface area (Å²) in [6.07, 6.45) is 5.08. The molecule has 5 heteroatoms. The van der Waals surface area contributed by atoms with E-state index in [9.17, 15) is 0 Å². The summed E-state index contributed by atoms with van der Waals surface area (Å²) in [5.41, 5.74) is 0. The molecule has 1 aromatic carbocycles. The van der Waals surface area contributed by atoms with Gasteiger partial charge in [-0.1, -0.05) is 23.2 Å². The Hall–Kier alpha value is -1.19.